The van der Waals surface area contributed by atoms with Crippen LogP contribution in [-0.4, -0.2) is 17.0 Å². The first-order valence-corrected chi connectivity index (χ1v) is 9.03. The summed E-state index contributed by atoms with van der Waals surface area (Å²) in [6, 6.07) is 4.58. The third kappa shape index (κ3) is 5.02. The van der Waals surface area contributed by atoms with Gasteiger partial charge in [-0.3, -0.25) is 0 Å². The molecule has 0 heterocycles. The van der Waals surface area contributed by atoms with Crippen molar-refractivity contribution in [3.05, 3.63) is 65.0 Å². The summed E-state index contributed by atoms with van der Waals surface area (Å²) in [5, 5.41) is 2.45. The molecule has 3 rings (SSSR count). The lowest BCUT2D eigenvalue weighted by Gasteiger charge is -2.29. The number of alkyl halides is 3. The fourth-order valence-corrected chi connectivity index (χ4v) is 3.44. The van der Waals surface area contributed by atoms with Crippen LogP contribution < -0.4 is 5.32 Å². The van der Waals surface area contributed by atoms with Crippen molar-refractivity contribution in [2.45, 2.75) is 44.4 Å². The molecule has 29 heavy (non-hydrogen) atoms. The molecule has 3 nitrogen and oxygen atoms in total. The number of anilines is 1. The molecule has 0 aromatic heterocycles. The van der Waals surface area contributed by atoms with E-state index in [-0.39, 0.29) is 23.8 Å². The minimum absolute atomic E-state index is 0.0204. The second kappa shape index (κ2) is 8.34. The molecule has 0 unspecified atom stereocenters. The van der Waals surface area contributed by atoms with Gasteiger partial charge in [0.2, 0.25) is 0 Å². The Morgan fingerprint density at radius 2 is 1.62 bits per heavy atom. The monoisotopic (exact) mass is 416 g/mol. The molecule has 1 fully saturated rings. The Labute approximate surface area is 163 Å². The van der Waals surface area contributed by atoms with E-state index in [0.29, 0.717) is 18.9 Å². The molecule has 2 aromatic rings. The van der Waals surface area contributed by atoms with Crippen molar-refractivity contribution in [2.75, 3.05) is 5.32 Å². The maximum absolute atomic E-state index is 13.5. The molecule has 2 amide bonds. The van der Waals surface area contributed by atoms with Gasteiger partial charge in [0, 0.05) is 24.3 Å². The normalized spacial score (nSPS) is 14.8. The number of carbonyl (C=O) groups excluding carboxylic acids is 1. The van der Waals surface area contributed by atoms with E-state index in [1.807, 2.05) is 0 Å². The second-order valence-electron chi connectivity index (χ2n) is 6.94. The van der Waals surface area contributed by atoms with E-state index >= 15 is 0 Å². The molecule has 0 bridgehead atoms. The zero-order valence-corrected chi connectivity index (χ0v) is 15.2. The van der Waals surface area contributed by atoms with Gasteiger partial charge in [-0.05, 0) is 42.7 Å². The first kappa shape index (κ1) is 21.0. The molecule has 0 aliphatic heterocycles. The van der Waals surface area contributed by atoms with Crippen LogP contribution in [0.25, 0.3) is 0 Å². The summed E-state index contributed by atoms with van der Waals surface area (Å²) in [7, 11) is 0. The van der Waals surface area contributed by atoms with Gasteiger partial charge in [0.1, 0.15) is 5.82 Å². The number of halogens is 6. The van der Waals surface area contributed by atoms with E-state index in [0.717, 1.165) is 31.0 Å². The van der Waals surface area contributed by atoms with Crippen LogP contribution in [0.3, 0.4) is 0 Å². The summed E-state index contributed by atoms with van der Waals surface area (Å²) in [5.41, 5.74) is -1.26. The summed E-state index contributed by atoms with van der Waals surface area (Å²) in [6.07, 6.45) is -1.81. The van der Waals surface area contributed by atoms with Gasteiger partial charge in [0.05, 0.1) is 5.56 Å². The largest absolute Gasteiger partial charge is 0.419 e. The van der Waals surface area contributed by atoms with Crippen LogP contribution in [-0.2, 0) is 12.7 Å². The maximum atomic E-state index is 13.5. The highest BCUT2D eigenvalue weighted by molar-refractivity contribution is 5.89. The van der Waals surface area contributed by atoms with Crippen LogP contribution in [0.1, 0.15) is 36.8 Å². The number of nitrogens with zero attached hydrogens (tertiary/aromatic N) is 1. The molecule has 1 saturated carbocycles. The minimum Gasteiger partial charge on any atom is -0.317 e. The molecule has 0 radical (unpaired) electrons. The van der Waals surface area contributed by atoms with Gasteiger partial charge in [-0.2, -0.15) is 13.2 Å². The maximum Gasteiger partial charge on any atom is 0.419 e. The predicted molar refractivity (Wildman–Crippen MR) is 94.6 cm³/mol. The Morgan fingerprint density at radius 3 is 2.24 bits per heavy atom. The average Bonchev–Trinajstić information content (AvgIpc) is 3.17. The van der Waals surface area contributed by atoms with Crippen molar-refractivity contribution >= 4 is 11.7 Å². The van der Waals surface area contributed by atoms with E-state index in [4.69, 9.17) is 0 Å². The molecule has 0 spiro atoms. The van der Waals surface area contributed by atoms with Crippen LogP contribution in [0.4, 0.5) is 36.8 Å². The molecule has 1 aliphatic rings. The molecular formula is C20H18F6N2O. The number of amides is 2. The molecule has 156 valence electrons. The summed E-state index contributed by atoms with van der Waals surface area (Å²) < 4.78 is 79.0. The van der Waals surface area contributed by atoms with E-state index in [2.05, 4.69) is 5.32 Å². The van der Waals surface area contributed by atoms with Gasteiger partial charge in [0.25, 0.3) is 0 Å². The van der Waals surface area contributed by atoms with Crippen LogP contribution in [0.15, 0.2) is 36.4 Å². The zero-order chi connectivity index (χ0) is 21.2. The highest BCUT2D eigenvalue weighted by atomic mass is 19.4. The number of urea groups is 1. The van der Waals surface area contributed by atoms with Crippen LogP contribution >= 0.6 is 0 Å². The zero-order valence-electron chi connectivity index (χ0n) is 15.2. The molecule has 9 heteroatoms. The fourth-order valence-electron chi connectivity index (χ4n) is 3.44. The molecule has 0 saturated heterocycles. The van der Waals surface area contributed by atoms with Gasteiger partial charge in [0.15, 0.2) is 11.6 Å². The van der Waals surface area contributed by atoms with E-state index < -0.39 is 35.2 Å². The Balaban J connectivity index is 1.84. The Kier molecular flexibility index (Phi) is 6.04. The highest BCUT2D eigenvalue weighted by Crippen LogP contribution is 2.33. The Hall–Kier alpha value is -2.71. The summed E-state index contributed by atoms with van der Waals surface area (Å²) in [5.74, 6) is -3.59. The Morgan fingerprint density at radius 1 is 0.966 bits per heavy atom. The second-order valence-corrected chi connectivity index (χ2v) is 6.94. The van der Waals surface area contributed by atoms with Gasteiger partial charge >= 0.3 is 12.2 Å². The van der Waals surface area contributed by atoms with Gasteiger partial charge in [-0.1, -0.05) is 18.9 Å². The minimum atomic E-state index is -4.85. The number of rotatable bonds is 4. The first-order valence-electron chi connectivity index (χ1n) is 9.03. The van der Waals surface area contributed by atoms with Crippen molar-refractivity contribution in [3.63, 3.8) is 0 Å². The fraction of sp³-hybridized carbons (Fsp3) is 0.350. The van der Waals surface area contributed by atoms with E-state index in [9.17, 15) is 31.1 Å². The summed E-state index contributed by atoms with van der Waals surface area (Å²) in [6.45, 7) is -0.177. The van der Waals surface area contributed by atoms with Gasteiger partial charge in [-0.25, -0.2) is 18.0 Å². The number of carbonyl (C=O) groups is 1. The van der Waals surface area contributed by atoms with Crippen LogP contribution in [0, 0.1) is 17.5 Å². The van der Waals surface area contributed by atoms with Crippen molar-refractivity contribution in [1.82, 2.24) is 4.90 Å². The first-order chi connectivity index (χ1) is 13.6. The lowest BCUT2D eigenvalue weighted by molar-refractivity contribution is -0.140. The SMILES string of the molecule is O=C(Nc1ccc(F)c(F)c1)N(Cc1ccc(F)c(C(F)(F)F)c1)C1CCCC1. The van der Waals surface area contributed by atoms with Crippen molar-refractivity contribution in [3.8, 4) is 0 Å². The number of benzene rings is 2. The van der Waals surface area contributed by atoms with Crippen molar-refractivity contribution in [2.24, 2.45) is 0 Å². The van der Waals surface area contributed by atoms with Gasteiger partial charge < -0.3 is 10.2 Å². The molecule has 0 atom stereocenters. The standard InChI is InChI=1S/C20H18F6N2O/c21-16-7-5-12(9-15(16)20(24,25)26)11-28(14-3-1-2-4-14)19(29)27-13-6-8-17(22)18(23)10-13/h5-10,14H,1-4,11H2,(H,27,29). The van der Waals surface area contributed by atoms with Crippen LogP contribution in [0.5, 0.6) is 0 Å². The lowest BCUT2D eigenvalue weighted by Crippen LogP contribution is -2.41. The lowest BCUT2D eigenvalue weighted by atomic mass is 10.1. The Bertz CT molecular complexity index is 893. The van der Waals surface area contributed by atoms with Crippen molar-refractivity contribution < 1.29 is 31.1 Å². The van der Waals surface area contributed by atoms with Gasteiger partial charge in [-0.15, -0.1) is 0 Å². The quantitative estimate of drug-likeness (QED) is 0.600. The molecule has 1 N–H and O–H groups in total. The average molecular weight is 416 g/mol. The smallest absolute Gasteiger partial charge is 0.317 e. The van der Waals surface area contributed by atoms with Crippen LogP contribution in [0.2, 0.25) is 0 Å². The topological polar surface area (TPSA) is 32.3 Å². The number of hydrogen-bond donors (Lipinski definition) is 1. The molecule has 1 aliphatic carbocycles. The highest BCUT2D eigenvalue weighted by Gasteiger charge is 2.35. The van der Waals surface area contributed by atoms with E-state index in [1.165, 1.54) is 17.0 Å². The number of hydrogen-bond acceptors (Lipinski definition) is 1. The number of nitrogens with one attached hydrogen (secondary N) is 1. The third-order valence-electron chi connectivity index (χ3n) is 4.89. The molecular weight excluding hydrogens is 398 g/mol. The summed E-state index contributed by atoms with van der Waals surface area (Å²) >= 11 is 0. The van der Waals surface area contributed by atoms with Crippen molar-refractivity contribution in [1.29, 1.82) is 0 Å². The van der Waals surface area contributed by atoms with E-state index in [1.54, 1.807) is 0 Å². The summed E-state index contributed by atoms with van der Waals surface area (Å²) in [4.78, 5) is 14.1. The molecule has 2 aromatic carbocycles. The predicted octanol–water partition coefficient (Wildman–Crippen LogP) is 6.10. The third-order valence-corrected chi connectivity index (χ3v) is 4.89.